The highest BCUT2D eigenvalue weighted by Gasteiger charge is 2.14. The summed E-state index contributed by atoms with van der Waals surface area (Å²) >= 11 is 0. The third-order valence-electron chi connectivity index (χ3n) is 2.93. The molecule has 2 aromatic rings. The number of methoxy groups -OCH3 is 2. The standard InChI is InChI=1S/C15H19NO4/c1-9(2)8-16-13-7-10(17)14-11(18-3)5-6-12(19-4)15(14)20-13/h5-7,9,16H,8H2,1-4H3. The lowest BCUT2D eigenvalue weighted by molar-refractivity contribution is 0.402. The number of fused-ring (bicyclic) bond motifs is 1. The Balaban J connectivity index is 2.60. The van der Waals surface area contributed by atoms with Crippen LogP contribution in [0.5, 0.6) is 11.5 Å². The van der Waals surface area contributed by atoms with Gasteiger partial charge < -0.3 is 19.2 Å². The molecule has 5 nitrogen and oxygen atoms in total. The van der Waals surface area contributed by atoms with Crippen LogP contribution in [0.3, 0.4) is 0 Å². The van der Waals surface area contributed by atoms with Crippen LogP contribution in [0.4, 0.5) is 5.88 Å². The zero-order valence-corrected chi connectivity index (χ0v) is 12.1. The average Bonchev–Trinajstić information content (AvgIpc) is 2.43. The van der Waals surface area contributed by atoms with Crippen LogP contribution in [0.15, 0.2) is 27.4 Å². The van der Waals surface area contributed by atoms with E-state index in [9.17, 15) is 4.79 Å². The summed E-state index contributed by atoms with van der Waals surface area (Å²) in [6.07, 6.45) is 0. The molecule has 0 spiro atoms. The Bertz CT molecular complexity index is 661. The Morgan fingerprint density at radius 1 is 1.20 bits per heavy atom. The molecule has 1 heterocycles. The van der Waals surface area contributed by atoms with Crippen molar-refractivity contribution in [3.63, 3.8) is 0 Å². The topological polar surface area (TPSA) is 60.7 Å². The fraction of sp³-hybridized carbons (Fsp3) is 0.400. The molecule has 0 saturated carbocycles. The van der Waals surface area contributed by atoms with Gasteiger partial charge in [-0.2, -0.15) is 0 Å². The molecular formula is C15H19NO4. The van der Waals surface area contributed by atoms with Gasteiger partial charge in [-0.3, -0.25) is 4.79 Å². The zero-order chi connectivity index (χ0) is 14.7. The summed E-state index contributed by atoms with van der Waals surface area (Å²) in [5.74, 6) is 1.86. The molecule has 0 atom stereocenters. The summed E-state index contributed by atoms with van der Waals surface area (Å²) in [6.45, 7) is 4.88. The van der Waals surface area contributed by atoms with Gasteiger partial charge in [0.1, 0.15) is 11.1 Å². The maximum Gasteiger partial charge on any atom is 0.198 e. The number of hydrogen-bond donors (Lipinski definition) is 1. The van der Waals surface area contributed by atoms with Crippen molar-refractivity contribution in [1.82, 2.24) is 0 Å². The van der Waals surface area contributed by atoms with Crippen LogP contribution < -0.4 is 20.2 Å². The molecule has 0 aliphatic heterocycles. The van der Waals surface area contributed by atoms with Gasteiger partial charge in [-0.15, -0.1) is 0 Å². The minimum absolute atomic E-state index is 0.159. The highest BCUT2D eigenvalue weighted by Crippen LogP contribution is 2.32. The quantitative estimate of drug-likeness (QED) is 0.910. The zero-order valence-electron chi connectivity index (χ0n) is 12.1. The van der Waals surface area contributed by atoms with Gasteiger partial charge in [0.2, 0.25) is 0 Å². The summed E-state index contributed by atoms with van der Waals surface area (Å²) in [5, 5.41) is 3.49. The maximum atomic E-state index is 12.3. The van der Waals surface area contributed by atoms with Crippen molar-refractivity contribution in [3.8, 4) is 11.5 Å². The van der Waals surface area contributed by atoms with Crippen LogP contribution >= 0.6 is 0 Å². The van der Waals surface area contributed by atoms with E-state index in [4.69, 9.17) is 13.9 Å². The number of anilines is 1. The monoisotopic (exact) mass is 277 g/mol. The van der Waals surface area contributed by atoms with Crippen molar-refractivity contribution >= 4 is 16.9 Å². The molecule has 1 aromatic carbocycles. The minimum Gasteiger partial charge on any atom is -0.496 e. The predicted molar refractivity (Wildman–Crippen MR) is 78.9 cm³/mol. The molecule has 1 N–H and O–H groups in total. The summed E-state index contributed by atoms with van der Waals surface area (Å²) < 4.78 is 16.2. The molecular weight excluding hydrogens is 258 g/mol. The number of nitrogens with one attached hydrogen (secondary N) is 1. The molecule has 20 heavy (non-hydrogen) atoms. The van der Waals surface area contributed by atoms with E-state index in [2.05, 4.69) is 19.2 Å². The molecule has 0 aliphatic rings. The Kier molecular flexibility index (Phi) is 4.17. The van der Waals surface area contributed by atoms with Gasteiger partial charge in [0, 0.05) is 12.6 Å². The molecule has 5 heteroatoms. The molecule has 1 aromatic heterocycles. The van der Waals surface area contributed by atoms with Crippen LogP contribution in [0, 0.1) is 5.92 Å². The first-order valence-corrected chi connectivity index (χ1v) is 6.49. The molecule has 108 valence electrons. The SMILES string of the molecule is COc1ccc(OC)c2c(=O)cc(NCC(C)C)oc12. The van der Waals surface area contributed by atoms with E-state index in [1.54, 1.807) is 12.1 Å². The van der Waals surface area contributed by atoms with Gasteiger partial charge in [0.15, 0.2) is 22.6 Å². The Hall–Kier alpha value is -2.17. The van der Waals surface area contributed by atoms with Gasteiger partial charge in [0.25, 0.3) is 0 Å². The van der Waals surface area contributed by atoms with E-state index in [-0.39, 0.29) is 5.43 Å². The van der Waals surface area contributed by atoms with Gasteiger partial charge in [0.05, 0.1) is 14.2 Å². The second-order valence-electron chi connectivity index (χ2n) is 4.92. The highest BCUT2D eigenvalue weighted by atomic mass is 16.5. The normalized spacial score (nSPS) is 10.8. The van der Waals surface area contributed by atoms with Crippen molar-refractivity contribution in [1.29, 1.82) is 0 Å². The second-order valence-corrected chi connectivity index (χ2v) is 4.92. The Morgan fingerprint density at radius 2 is 1.85 bits per heavy atom. The van der Waals surface area contributed by atoms with Crippen LogP contribution in [0.2, 0.25) is 0 Å². The van der Waals surface area contributed by atoms with Gasteiger partial charge in [-0.05, 0) is 18.1 Å². The molecule has 0 unspecified atom stereocenters. The summed E-state index contributed by atoms with van der Waals surface area (Å²) in [4.78, 5) is 12.3. The third kappa shape index (κ3) is 2.71. The lowest BCUT2D eigenvalue weighted by Gasteiger charge is -2.11. The lowest BCUT2D eigenvalue weighted by atomic mass is 10.2. The number of benzene rings is 1. The summed E-state index contributed by atoms with van der Waals surface area (Å²) in [6, 6.07) is 4.85. The van der Waals surface area contributed by atoms with Gasteiger partial charge >= 0.3 is 0 Å². The molecule has 0 saturated heterocycles. The van der Waals surface area contributed by atoms with Crippen molar-refractivity contribution < 1.29 is 13.9 Å². The van der Waals surface area contributed by atoms with E-state index in [1.807, 2.05) is 0 Å². The molecule has 0 amide bonds. The molecule has 0 bridgehead atoms. The van der Waals surface area contributed by atoms with Crippen molar-refractivity contribution in [2.75, 3.05) is 26.1 Å². The van der Waals surface area contributed by atoms with E-state index in [0.29, 0.717) is 34.3 Å². The van der Waals surface area contributed by atoms with Crippen LogP contribution in [-0.4, -0.2) is 20.8 Å². The minimum atomic E-state index is -0.159. The van der Waals surface area contributed by atoms with Crippen molar-refractivity contribution in [2.45, 2.75) is 13.8 Å². The lowest BCUT2D eigenvalue weighted by Crippen LogP contribution is -2.11. The van der Waals surface area contributed by atoms with Crippen molar-refractivity contribution in [2.24, 2.45) is 5.92 Å². The first kappa shape index (κ1) is 14.2. The summed E-state index contributed by atoms with van der Waals surface area (Å²) in [5.41, 5.74) is 0.235. The molecule has 0 fully saturated rings. The number of rotatable bonds is 5. The summed E-state index contributed by atoms with van der Waals surface area (Å²) in [7, 11) is 3.06. The van der Waals surface area contributed by atoms with E-state index in [0.717, 1.165) is 6.54 Å². The molecule has 0 aliphatic carbocycles. The van der Waals surface area contributed by atoms with Gasteiger partial charge in [-0.1, -0.05) is 13.8 Å². The smallest absolute Gasteiger partial charge is 0.198 e. The van der Waals surface area contributed by atoms with Crippen LogP contribution in [0.1, 0.15) is 13.8 Å². The fourth-order valence-electron chi connectivity index (χ4n) is 1.93. The van der Waals surface area contributed by atoms with Crippen molar-refractivity contribution in [3.05, 3.63) is 28.4 Å². The first-order chi connectivity index (χ1) is 9.56. The third-order valence-corrected chi connectivity index (χ3v) is 2.93. The maximum absolute atomic E-state index is 12.3. The largest absolute Gasteiger partial charge is 0.496 e. The average molecular weight is 277 g/mol. The molecule has 0 radical (unpaired) electrons. The predicted octanol–water partition coefficient (Wildman–Crippen LogP) is 2.88. The van der Waals surface area contributed by atoms with E-state index >= 15 is 0 Å². The highest BCUT2D eigenvalue weighted by molar-refractivity contribution is 5.89. The fourth-order valence-corrected chi connectivity index (χ4v) is 1.93. The number of hydrogen-bond acceptors (Lipinski definition) is 5. The van der Waals surface area contributed by atoms with Crippen LogP contribution in [0.25, 0.3) is 11.0 Å². The Labute approximate surface area is 117 Å². The van der Waals surface area contributed by atoms with E-state index < -0.39 is 0 Å². The van der Waals surface area contributed by atoms with Gasteiger partial charge in [-0.25, -0.2) is 0 Å². The number of ether oxygens (including phenoxy) is 2. The molecule has 2 rings (SSSR count). The van der Waals surface area contributed by atoms with Crippen LogP contribution in [-0.2, 0) is 0 Å². The Morgan fingerprint density at radius 3 is 2.45 bits per heavy atom. The van der Waals surface area contributed by atoms with E-state index in [1.165, 1.54) is 20.3 Å². The second kappa shape index (κ2) is 5.86. The first-order valence-electron chi connectivity index (χ1n) is 6.49.